The van der Waals surface area contributed by atoms with Crippen molar-refractivity contribution in [2.75, 3.05) is 14.1 Å². The van der Waals surface area contributed by atoms with Gasteiger partial charge in [0.1, 0.15) is 16.9 Å². The Labute approximate surface area is 137 Å². The lowest BCUT2D eigenvalue weighted by Gasteiger charge is -2.07. The maximum absolute atomic E-state index is 12.2. The summed E-state index contributed by atoms with van der Waals surface area (Å²) < 4.78 is 1.52. The van der Waals surface area contributed by atoms with E-state index in [4.69, 9.17) is 0 Å². The summed E-state index contributed by atoms with van der Waals surface area (Å²) in [6.07, 6.45) is 1.47. The van der Waals surface area contributed by atoms with Gasteiger partial charge in [-0.2, -0.15) is 5.10 Å². The summed E-state index contributed by atoms with van der Waals surface area (Å²) >= 11 is 0. The molecule has 0 aliphatic carbocycles. The Bertz CT molecular complexity index is 935. The van der Waals surface area contributed by atoms with Gasteiger partial charge in [-0.1, -0.05) is 0 Å². The first kappa shape index (κ1) is 15.9. The van der Waals surface area contributed by atoms with E-state index >= 15 is 0 Å². The predicted molar refractivity (Wildman–Crippen MR) is 88.5 cm³/mol. The number of hydrogen-bond donors (Lipinski definition) is 3. The van der Waals surface area contributed by atoms with Crippen LogP contribution in [0, 0.1) is 0 Å². The number of aromatic amines is 2. The Hall–Kier alpha value is -2.94. The van der Waals surface area contributed by atoms with Gasteiger partial charge in [-0.05, 0) is 26.2 Å². The van der Waals surface area contributed by atoms with E-state index in [0.29, 0.717) is 22.6 Å². The van der Waals surface area contributed by atoms with Crippen LogP contribution in [0.2, 0.25) is 0 Å². The number of fused-ring (bicyclic) bond motifs is 1. The van der Waals surface area contributed by atoms with Crippen molar-refractivity contribution in [1.29, 1.82) is 0 Å². The summed E-state index contributed by atoms with van der Waals surface area (Å²) in [5, 5.41) is 7.17. The largest absolute Gasteiger partial charge is 0.353 e. The molecule has 3 aromatic rings. The lowest BCUT2D eigenvalue weighted by Crippen LogP contribution is -2.26. The van der Waals surface area contributed by atoms with E-state index in [-0.39, 0.29) is 18.0 Å². The highest BCUT2D eigenvalue weighted by Gasteiger charge is 2.11. The first-order valence-electron chi connectivity index (χ1n) is 7.46. The molecule has 3 N–H and O–H groups in total. The van der Waals surface area contributed by atoms with Crippen LogP contribution in [0.4, 0.5) is 0 Å². The molecule has 1 amide bonds. The molecule has 0 radical (unpaired) electrons. The molecule has 0 saturated carbocycles. The summed E-state index contributed by atoms with van der Waals surface area (Å²) in [6.45, 7) is 0.844. The van der Waals surface area contributed by atoms with Gasteiger partial charge in [0.15, 0.2) is 5.65 Å². The van der Waals surface area contributed by atoms with Gasteiger partial charge in [0.25, 0.3) is 11.5 Å². The molecule has 126 valence electrons. The number of rotatable bonds is 5. The van der Waals surface area contributed by atoms with Crippen molar-refractivity contribution in [2.24, 2.45) is 7.05 Å². The zero-order valence-electron chi connectivity index (χ0n) is 13.8. The number of H-pyrrole nitrogens is 2. The lowest BCUT2D eigenvalue weighted by molar-refractivity contribution is 0.0945. The zero-order chi connectivity index (χ0) is 17.3. The molecule has 24 heavy (non-hydrogen) atoms. The van der Waals surface area contributed by atoms with Crippen molar-refractivity contribution < 1.29 is 4.79 Å². The molecule has 0 aliphatic rings. The highest BCUT2D eigenvalue weighted by atomic mass is 16.2. The third-order valence-corrected chi connectivity index (χ3v) is 3.54. The van der Waals surface area contributed by atoms with Crippen LogP contribution < -0.4 is 10.9 Å². The average molecular weight is 329 g/mol. The highest BCUT2D eigenvalue weighted by molar-refractivity contribution is 5.92. The first-order valence-corrected chi connectivity index (χ1v) is 7.46. The molecule has 0 saturated heterocycles. The van der Waals surface area contributed by atoms with Gasteiger partial charge in [-0.3, -0.25) is 14.3 Å². The lowest BCUT2D eigenvalue weighted by atomic mass is 10.4. The molecule has 0 atom stereocenters. The maximum Gasteiger partial charge on any atom is 0.268 e. The maximum atomic E-state index is 12.2. The van der Waals surface area contributed by atoms with Gasteiger partial charge in [0.05, 0.1) is 12.7 Å². The molecule has 3 heterocycles. The van der Waals surface area contributed by atoms with Gasteiger partial charge in [0, 0.05) is 19.3 Å². The predicted octanol–water partition coefficient (Wildman–Crippen LogP) is -0.0237. The zero-order valence-corrected chi connectivity index (χ0v) is 13.8. The monoisotopic (exact) mass is 329 g/mol. The minimum atomic E-state index is -0.273. The summed E-state index contributed by atoms with van der Waals surface area (Å²) in [5.41, 5.74) is 1.63. The van der Waals surface area contributed by atoms with Gasteiger partial charge in [-0.15, -0.1) is 0 Å². The highest BCUT2D eigenvalue weighted by Crippen LogP contribution is 2.06. The summed E-state index contributed by atoms with van der Waals surface area (Å²) in [7, 11) is 5.62. The number of aromatic nitrogens is 5. The van der Waals surface area contributed by atoms with Crippen LogP contribution in [0.1, 0.15) is 22.0 Å². The van der Waals surface area contributed by atoms with E-state index in [1.807, 2.05) is 25.1 Å². The van der Waals surface area contributed by atoms with E-state index in [0.717, 1.165) is 12.2 Å². The fourth-order valence-electron chi connectivity index (χ4n) is 2.43. The molecule has 0 fully saturated rings. The fraction of sp³-hybridized carbons (Fsp3) is 0.333. The number of aryl methyl sites for hydroxylation is 1. The molecular weight excluding hydrogens is 310 g/mol. The molecular formula is C15H19N7O2. The third-order valence-electron chi connectivity index (χ3n) is 3.54. The van der Waals surface area contributed by atoms with Crippen molar-refractivity contribution in [3.05, 3.63) is 45.9 Å². The van der Waals surface area contributed by atoms with Crippen LogP contribution in [0.3, 0.4) is 0 Å². The Morgan fingerprint density at radius 2 is 2.12 bits per heavy atom. The van der Waals surface area contributed by atoms with Crippen molar-refractivity contribution in [3.63, 3.8) is 0 Å². The Kier molecular flexibility index (Phi) is 4.17. The van der Waals surface area contributed by atoms with Gasteiger partial charge < -0.3 is 20.2 Å². The molecule has 9 nitrogen and oxygen atoms in total. The molecule has 0 spiro atoms. The topological polar surface area (TPSA) is 112 Å². The van der Waals surface area contributed by atoms with E-state index < -0.39 is 0 Å². The van der Waals surface area contributed by atoms with Gasteiger partial charge >= 0.3 is 0 Å². The van der Waals surface area contributed by atoms with Gasteiger partial charge in [-0.25, -0.2) is 4.98 Å². The smallest absolute Gasteiger partial charge is 0.268 e. The number of carbonyl (C=O) groups is 1. The van der Waals surface area contributed by atoms with Crippen LogP contribution in [0.5, 0.6) is 0 Å². The molecule has 3 rings (SSSR count). The first-order chi connectivity index (χ1) is 11.4. The second-order valence-corrected chi connectivity index (χ2v) is 5.84. The van der Waals surface area contributed by atoms with Crippen LogP contribution in [0.15, 0.2) is 23.1 Å². The second kappa shape index (κ2) is 6.28. The molecule has 0 unspecified atom stereocenters. The van der Waals surface area contributed by atoms with Crippen LogP contribution in [-0.4, -0.2) is 49.6 Å². The Balaban J connectivity index is 1.71. The second-order valence-electron chi connectivity index (χ2n) is 5.84. The number of carbonyl (C=O) groups excluding carboxylic acids is 1. The van der Waals surface area contributed by atoms with E-state index in [1.54, 1.807) is 13.1 Å². The summed E-state index contributed by atoms with van der Waals surface area (Å²) in [6, 6.07) is 3.60. The quantitative estimate of drug-likeness (QED) is 0.609. The number of nitrogens with zero attached hydrogens (tertiary/aromatic N) is 4. The Morgan fingerprint density at radius 1 is 1.33 bits per heavy atom. The molecule has 0 aromatic carbocycles. The van der Waals surface area contributed by atoms with Crippen LogP contribution in [0.25, 0.3) is 11.0 Å². The fourth-order valence-corrected chi connectivity index (χ4v) is 2.43. The minimum absolute atomic E-state index is 0.122. The normalized spacial score (nSPS) is 11.3. The number of amides is 1. The van der Waals surface area contributed by atoms with E-state index in [1.165, 1.54) is 10.9 Å². The summed E-state index contributed by atoms with van der Waals surface area (Å²) in [4.78, 5) is 36.2. The van der Waals surface area contributed by atoms with Crippen molar-refractivity contribution in [3.8, 4) is 0 Å². The minimum Gasteiger partial charge on any atom is -0.353 e. The van der Waals surface area contributed by atoms with E-state index in [2.05, 4.69) is 25.4 Å². The van der Waals surface area contributed by atoms with Gasteiger partial charge in [0.2, 0.25) is 0 Å². The average Bonchev–Trinajstić information content (AvgIpc) is 3.12. The third kappa shape index (κ3) is 3.20. The SMILES string of the molecule is CN(C)Cc1ccc(C(=O)NCc2nc3c(cnn3C)c(=O)[nH]2)[nH]1. The van der Waals surface area contributed by atoms with Crippen LogP contribution in [-0.2, 0) is 20.1 Å². The van der Waals surface area contributed by atoms with Crippen molar-refractivity contribution in [2.45, 2.75) is 13.1 Å². The number of hydrogen-bond acceptors (Lipinski definition) is 5. The van der Waals surface area contributed by atoms with Crippen molar-refractivity contribution in [1.82, 2.24) is 34.9 Å². The standard InChI is InChI=1S/C15H19N7O2/c1-21(2)8-9-4-5-11(18-9)15(24)16-7-12-19-13-10(14(23)20-12)6-17-22(13)3/h4-6,18H,7-8H2,1-3H3,(H,16,24)(H,19,20,23). The Morgan fingerprint density at radius 3 is 2.88 bits per heavy atom. The number of nitrogens with one attached hydrogen (secondary N) is 3. The molecule has 3 aromatic heterocycles. The van der Waals surface area contributed by atoms with Crippen molar-refractivity contribution >= 4 is 16.9 Å². The summed E-state index contributed by atoms with van der Waals surface area (Å²) in [5.74, 6) is 0.122. The van der Waals surface area contributed by atoms with Crippen LogP contribution >= 0.6 is 0 Å². The van der Waals surface area contributed by atoms with E-state index in [9.17, 15) is 9.59 Å². The molecule has 0 bridgehead atoms. The molecule has 9 heteroatoms. The molecule has 0 aliphatic heterocycles.